The van der Waals surface area contributed by atoms with E-state index in [9.17, 15) is 8.42 Å². The maximum Gasteiger partial charge on any atom is 0.229 e. The van der Waals surface area contributed by atoms with Crippen molar-refractivity contribution >= 4 is 27.1 Å². The molecule has 4 aromatic carbocycles. The monoisotopic (exact) mass is 604 g/mol. The van der Waals surface area contributed by atoms with Crippen molar-refractivity contribution in [1.82, 2.24) is 4.98 Å². The lowest BCUT2D eigenvalue weighted by atomic mass is 10.1. The summed E-state index contributed by atoms with van der Waals surface area (Å²) in [5.41, 5.74) is 5.79. The molecule has 0 radical (unpaired) electrons. The highest BCUT2D eigenvalue weighted by Crippen LogP contribution is 2.31. The molecule has 0 unspecified atom stereocenters. The molecule has 0 amide bonds. The Bertz CT molecular complexity index is 1870. The molecule has 0 spiro atoms. The van der Waals surface area contributed by atoms with Gasteiger partial charge in [-0.2, -0.15) is 0 Å². The minimum atomic E-state index is -3.44. The van der Waals surface area contributed by atoms with E-state index in [2.05, 4.69) is 19.5 Å². The maximum atomic E-state index is 12.0. The Labute approximate surface area is 258 Å². The Morgan fingerprint density at radius 1 is 0.818 bits per heavy atom. The standard InChI is InChI=1S/C35H32N4O4S/c1-26-34(38-44(3,40)41)13-6-14-35(26)39(24-28-8-4-10-30(20-28)36-2)23-27-15-17-31(18-16-27)43-33-12-5-11-32(21-33)42-25-29-9-7-19-37-22-29/h4-22,38H,23-25H2,1,3H3. The van der Waals surface area contributed by atoms with E-state index in [1.165, 1.54) is 0 Å². The smallest absolute Gasteiger partial charge is 0.229 e. The molecule has 0 bridgehead atoms. The Morgan fingerprint density at radius 2 is 1.55 bits per heavy atom. The van der Waals surface area contributed by atoms with Gasteiger partial charge in [-0.15, -0.1) is 0 Å². The SMILES string of the molecule is [C-]#[N+]c1cccc(CN(Cc2ccc(Oc3cccc(OCc4cccnc4)c3)cc2)c2cccc(NS(C)(=O)=O)c2C)c1. The first-order valence-corrected chi connectivity index (χ1v) is 15.8. The van der Waals surface area contributed by atoms with Crippen molar-refractivity contribution in [2.45, 2.75) is 26.6 Å². The Kier molecular flexibility index (Phi) is 9.43. The molecule has 9 heteroatoms. The molecule has 0 atom stereocenters. The van der Waals surface area contributed by atoms with E-state index in [-0.39, 0.29) is 0 Å². The summed E-state index contributed by atoms with van der Waals surface area (Å²) in [6.45, 7) is 10.8. The summed E-state index contributed by atoms with van der Waals surface area (Å²) >= 11 is 0. The van der Waals surface area contributed by atoms with Crippen molar-refractivity contribution in [3.05, 3.63) is 149 Å². The second-order valence-electron chi connectivity index (χ2n) is 10.3. The summed E-state index contributed by atoms with van der Waals surface area (Å²) in [7, 11) is -3.44. The second-order valence-corrected chi connectivity index (χ2v) is 12.1. The van der Waals surface area contributed by atoms with E-state index >= 15 is 0 Å². The van der Waals surface area contributed by atoms with Gasteiger partial charge in [0, 0.05) is 42.8 Å². The highest BCUT2D eigenvalue weighted by molar-refractivity contribution is 7.92. The number of anilines is 2. The van der Waals surface area contributed by atoms with Crippen LogP contribution in [0.3, 0.4) is 0 Å². The molecule has 44 heavy (non-hydrogen) atoms. The summed E-state index contributed by atoms with van der Waals surface area (Å²) in [6, 6.07) is 32.3. The number of pyridine rings is 1. The zero-order chi connectivity index (χ0) is 30.9. The van der Waals surface area contributed by atoms with Crippen LogP contribution in [0.25, 0.3) is 4.85 Å². The van der Waals surface area contributed by atoms with Crippen LogP contribution < -0.4 is 19.1 Å². The quantitative estimate of drug-likeness (QED) is 0.146. The van der Waals surface area contributed by atoms with Crippen LogP contribution in [-0.4, -0.2) is 19.7 Å². The van der Waals surface area contributed by atoms with Crippen LogP contribution in [0.1, 0.15) is 22.3 Å². The highest BCUT2D eigenvalue weighted by atomic mass is 32.2. The summed E-state index contributed by atoms with van der Waals surface area (Å²) in [6.07, 6.45) is 4.65. The first-order valence-electron chi connectivity index (χ1n) is 13.9. The molecule has 0 saturated carbocycles. The van der Waals surface area contributed by atoms with Crippen LogP contribution in [0.15, 0.2) is 116 Å². The zero-order valence-corrected chi connectivity index (χ0v) is 25.3. The molecule has 0 fully saturated rings. The molecule has 1 aromatic heterocycles. The second kappa shape index (κ2) is 13.8. The van der Waals surface area contributed by atoms with Crippen molar-refractivity contribution in [3.8, 4) is 17.2 Å². The van der Waals surface area contributed by atoms with Crippen LogP contribution >= 0.6 is 0 Å². The van der Waals surface area contributed by atoms with Gasteiger partial charge in [-0.1, -0.05) is 54.6 Å². The van der Waals surface area contributed by atoms with Crippen molar-refractivity contribution < 1.29 is 17.9 Å². The average Bonchev–Trinajstić information content (AvgIpc) is 3.02. The summed E-state index contributed by atoms with van der Waals surface area (Å²) in [4.78, 5) is 9.86. The number of aromatic nitrogens is 1. The predicted octanol–water partition coefficient (Wildman–Crippen LogP) is 7.89. The van der Waals surface area contributed by atoms with Gasteiger partial charge >= 0.3 is 0 Å². The van der Waals surface area contributed by atoms with Gasteiger partial charge in [0.15, 0.2) is 5.69 Å². The largest absolute Gasteiger partial charge is 0.489 e. The number of nitrogens with one attached hydrogen (secondary N) is 1. The van der Waals surface area contributed by atoms with E-state index in [1.807, 2.05) is 97.9 Å². The minimum Gasteiger partial charge on any atom is -0.489 e. The Balaban J connectivity index is 1.33. The van der Waals surface area contributed by atoms with Gasteiger partial charge in [0.1, 0.15) is 23.9 Å². The normalized spacial score (nSPS) is 10.9. The van der Waals surface area contributed by atoms with Crippen LogP contribution in [0.5, 0.6) is 17.2 Å². The van der Waals surface area contributed by atoms with E-state index in [4.69, 9.17) is 16.0 Å². The number of hydrogen-bond donors (Lipinski definition) is 1. The van der Waals surface area contributed by atoms with Crippen molar-refractivity contribution in [3.63, 3.8) is 0 Å². The van der Waals surface area contributed by atoms with E-state index in [0.29, 0.717) is 48.3 Å². The van der Waals surface area contributed by atoms with Crippen LogP contribution in [0, 0.1) is 13.5 Å². The topological polar surface area (TPSA) is 85.1 Å². The number of sulfonamides is 1. The molecule has 5 rings (SSSR count). The average molecular weight is 605 g/mol. The van der Waals surface area contributed by atoms with Gasteiger partial charge < -0.3 is 14.4 Å². The molecule has 1 N–H and O–H groups in total. The lowest BCUT2D eigenvalue weighted by Gasteiger charge is -2.28. The van der Waals surface area contributed by atoms with Gasteiger partial charge in [0.2, 0.25) is 10.0 Å². The Hall–Kier alpha value is -5.33. The fourth-order valence-corrected chi connectivity index (χ4v) is 5.36. The van der Waals surface area contributed by atoms with Gasteiger partial charge in [-0.05, 0) is 66.1 Å². The summed E-state index contributed by atoms with van der Waals surface area (Å²) in [5, 5.41) is 0. The lowest BCUT2D eigenvalue weighted by molar-refractivity contribution is 0.304. The summed E-state index contributed by atoms with van der Waals surface area (Å²) in [5.74, 6) is 2.04. The summed E-state index contributed by atoms with van der Waals surface area (Å²) < 4.78 is 38.6. The Morgan fingerprint density at radius 3 is 2.30 bits per heavy atom. The third kappa shape index (κ3) is 8.37. The lowest BCUT2D eigenvalue weighted by Crippen LogP contribution is -2.23. The van der Waals surface area contributed by atoms with Gasteiger partial charge in [0.25, 0.3) is 0 Å². The van der Waals surface area contributed by atoms with Crippen molar-refractivity contribution in [1.29, 1.82) is 0 Å². The number of hydrogen-bond acceptors (Lipinski definition) is 6. The first-order chi connectivity index (χ1) is 21.3. The molecule has 0 aliphatic carbocycles. The maximum absolute atomic E-state index is 12.0. The van der Waals surface area contributed by atoms with E-state index < -0.39 is 10.0 Å². The van der Waals surface area contributed by atoms with E-state index in [0.717, 1.165) is 34.2 Å². The van der Waals surface area contributed by atoms with Crippen LogP contribution in [-0.2, 0) is 29.7 Å². The molecule has 8 nitrogen and oxygen atoms in total. The molecular weight excluding hydrogens is 572 g/mol. The van der Waals surface area contributed by atoms with Gasteiger partial charge in [-0.3, -0.25) is 9.71 Å². The third-order valence-corrected chi connectivity index (χ3v) is 7.41. The number of nitrogens with zero attached hydrogens (tertiary/aromatic N) is 3. The highest BCUT2D eigenvalue weighted by Gasteiger charge is 2.15. The predicted molar refractivity (Wildman–Crippen MR) is 174 cm³/mol. The minimum absolute atomic E-state index is 0.414. The molecule has 222 valence electrons. The number of ether oxygens (including phenoxy) is 2. The van der Waals surface area contributed by atoms with Gasteiger partial charge in [-0.25, -0.2) is 13.3 Å². The first kappa shape index (κ1) is 30.1. The molecular formula is C35H32N4O4S. The number of benzene rings is 4. The van der Waals surface area contributed by atoms with E-state index in [1.54, 1.807) is 24.5 Å². The van der Waals surface area contributed by atoms with Crippen molar-refractivity contribution in [2.75, 3.05) is 15.9 Å². The molecule has 0 saturated heterocycles. The molecule has 0 aliphatic rings. The fourth-order valence-electron chi connectivity index (χ4n) is 4.74. The fraction of sp³-hybridized carbons (Fsp3) is 0.143. The number of rotatable bonds is 12. The molecule has 1 heterocycles. The zero-order valence-electron chi connectivity index (χ0n) is 24.5. The van der Waals surface area contributed by atoms with Crippen molar-refractivity contribution in [2.24, 2.45) is 0 Å². The third-order valence-electron chi connectivity index (χ3n) is 6.82. The van der Waals surface area contributed by atoms with Crippen LogP contribution in [0.4, 0.5) is 17.1 Å². The molecule has 0 aliphatic heterocycles. The van der Waals surface area contributed by atoms with Crippen LogP contribution in [0.2, 0.25) is 0 Å². The molecule has 5 aromatic rings. The van der Waals surface area contributed by atoms with Gasteiger partial charge in [0.05, 0.1) is 18.5 Å².